The number of imidazole rings is 1. The van der Waals surface area contributed by atoms with Gasteiger partial charge in [-0.1, -0.05) is 23.7 Å². The molecule has 1 amide bonds. The second-order valence-electron chi connectivity index (χ2n) is 11.1. The molecule has 0 bridgehead atoms. The average molecular weight is 615 g/mol. The van der Waals surface area contributed by atoms with E-state index in [2.05, 4.69) is 20.6 Å². The van der Waals surface area contributed by atoms with Crippen molar-refractivity contribution in [2.45, 2.75) is 56.9 Å². The Morgan fingerprint density at radius 2 is 1.77 bits per heavy atom. The molecule has 43 heavy (non-hydrogen) atoms. The Kier molecular flexibility index (Phi) is 8.15. The lowest BCUT2D eigenvalue weighted by Gasteiger charge is -2.29. The molecule has 1 aromatic carbocycles. The fourth-order valence-electron chi connectivity index (χ4n) is 5.94. The van der Waals surface area contributed by atoms with E-state index in [9.17, 15) is 22.8 Å². The van der Waals surface area contributed by atoms with E-state index in [4.69, 9.17) is 16.3 Å². The molecular formula is C30H30ClF3N6O3. The molecule has 2 aliphatic rings. The number of halogens is 4. The minimum atomic E-state index is -4.78. The highest BCUT2D eigenvalue weighted by molar-refractivity contribution is 6.30. The van der Waals surface area contributed by atoms with E-state index in [0.717, 1.165) is 42.1 Å². The monoisotopic (exact) mass is 614 g/mol. The molecule has 4 heterocycles. The van der Waals surface area contributed by atoms with Crippen LogP contribution < -0.4 is 16.3 Å². The van der Waals surface area contributed by atoms with Crippen LogP contribution in [0.15, 0.2) is 59.7 Å². The molecule has 1 aliphatic carbocycles. The smallest absolute Gasteiger partial charge is 0.379 e. The van der Waals surface area contributed by atoms with Gasteiger partial charge in [-0.15, -0.1) is 0 Å². The van der Waals surface area contributed by atoms with Crippen LogP contribution in [0.3, 0.4) is 0 Å². The Balaban J connectivity index is 1.14. The van der Waals surface area contributed by atoms with Crippen LogP contribution in [0.25, 0.3) is 16.7 Å². The summed E-state index contributed by atoms with van der Waals surface area (Å²) in [4.78, 5) is 34.4. The largest absolute Gasteiger partial charge is 0.434 e. The van der Waals surface area contributed by atoms with E-state index < -0.39 is 23.3 Å². The van der Waals surface area contributed by atoms with Gasteiger partial charge in [-0.25, -0.2) is 14.8 Å². The van der Waals surface area contributed by atoms with Gasteiger partial charge < -0.3 is 15.4 Å². The number of alkyl halides is 3. The molecule has 1 aliphatic heterocycles. The second-order valence-corrected chi connectivity index (χ2v) is 11.5. The minimum Gasteiger partial charge on any atom is -0.379 e. The number of carbonyl (C=O) groups is 1. The van der Waals surface area contributed by atoms with E-state index in [-0.39, 0.29) is 28.7 Å². The topological polar surface area (TPSA) is 103 Å². The summed E-state index contributed by atoms with van der Waals surface area (Å²) in [7, 11) is 0. The molecule has 226 valence electrons. The van der Waals surface area contributed by atoms with Gasteiger partial charge in [0.2, 0.25) is 0 Å². The number of rotatable bonds is 7. The third-order valence-corrected chi connectivity index (χ3v) is 8.32. The van der Waals surface area contributed by atoms with Crippen LogP contribution in [0.2, 0.25) is 5.02 Å². The Morgan fingerprint density at radius 3 is 2.44 bits per heavy atom. The number of benzene rings is 1. The molecule has 2 fully saturated rings. The number of nitrogens with zero attached hydrogens (tertiary/aromatic N) is 4. The highest BCUT2D eigenvalue weighted by Crippen LogP contribution is 2.32. The van der Waals surface area contributed by atoms with Gasteiger partial charge in [0.05, 0.1) is 46.2 Å². The minimum absolute atomic E-state index is 0.0472. The average Bonchev–Trinajstić information content (AvgIpc) is 3.60. The number of fused-ring (bicyclic) bond motifs is 1. The first-order valence-electron chi connectivity index (χ1n) is 14.2. The lowest BCUT2D eigenvalue weighted by molar-refractivity contribution is -0.141. The van der Waals surface area contributed by atoms with Gasteiger partial charge in [-0.3, -0.25) is 13.9 Å². The molecule has 0 radical (unpaired) electrons. The van der Waals surface area contributed by atoms with Crippen molar-refractivity contribution in [3.05, 3.63) is 81.6 Å². The number of anilines is 1. The van der Waals surface area contributed by atoms with Crippen LogP contribution in [0.1, 0.15) is 48.2 Å². The van der Waals surface area contributed by atoms with Crippen molar-refractivity contribution in [3.8, 4) is 5.69 Å². The van der Waals surface area contributed by atoms with Crippen LogP contribution >= 0.6 is 11.6 Å². The van der Waals surface area contributed by atoms with Gasteiger partial charge in [0.1, 0.15) is 5.82 Å². The number of ether oxygens (including phenoxy) is 1. The van der Waals surface area contributed by atoms with Crippen LogP contribution in [-0.2, 0) is 17.5 Å². The maximum atomic E-state index is 13.7. The molecule has 2 N–H and O–H groups in total. The standard InChI is InChI=1S/C30H30ClF3N6O3/c31-19-13-23(27(36-14-19)30(32,33)34)28(41)38-20-7-5-18(6-8-20)16-39-24-3-1-2-4-25(24)40(29(39)42)22-9-10-26(35-15-22)37-21-11-12-43-17-21/h1-4,9-10,13-15,18,20-21H,5-8,11-12,16-17H2,(H,35,37)(H,38,41)/t18?,20?,21-/m0/s1. The summed E-state index contributed by atoms with van der Waals surface area (Å²) in [5.74, 6) is 0.0274. The van der Waals surface area contributed by atoms with Crippen molar-refractivity contribution in [3.63, 3.8) is 0 Å². The Labute approximate surface area is 250 Å². The van der Waals surface area contributed by atoms with Crippen LogP contribution in [0.5, 0.6) is 0 Å². The summed E-state index contributed by atoms with van der Waals surface area (Å²) in [6.45, 7) is 1.85. The quantitative estimate of drug-likeness (QED) is 0.287. The van der Waals surface area contributed by atoms with Crippen molar-refractivity contribution in [1.82, 2.24) is 24.4 Å². The third-order valence-electron chi connectivity index (χ3n) is 8.11. The summed E-state index contributed by atoms with van der Waals surface area (Å²) < 4.78 is 49.0. The molecule has 0 unspecified atom stereocenters. The number of aromatic nitrogens is 4. The highest BCUT2D eigenvalue weighted by Gasteiger charge is 2.38. The molecule has 9 nitrogen and oxygen atoms in total. The second kappa shape index (κ2) is 12.0. The molecule has 1 saturated carbocycles. The maximum Gasteiger partial charge on any atom is 0.434 e. The van der Waals surface area contributed by atoms with Gasteiger partial charge in [-0.05, 0) is 68.4 Å². The first-order valence-corrected chi connectivity index (χ1v) is 14.6. The lowest BCUT2D eigenvalue weighted by Crippen LogP contribution is -2.39. The van der Waals surface area contributed by atoms with Crippen molar-refractivity contribution in [2.24, 2.45) is 5.92 Å². The van der Waals surface area contributed by atoms with Crippen molar-refractivity contribution >= 4 is 34.4 Å². The van der Waals surface area contributed by atoms with Gasteiger partial charge in [0, 0.05) is 25.4 Å². The number of pyridine rings is 2. The van der Waals surface area contributed by atoms with Crippen LogP contribution in [0.4, 0.5) is 19.0 Å². The molecule has 0 spiro atoms. The molecule has 1 saturated heterocycles. The van der Waals surface area contributed by atoms with Gasteiger partial charge in [0.15, 0.2) is 5.69 Å². The molecule has 3 aromatic heterocycles. The fraction of sp³-hybridized carbons (Fsp3) is 0.400. The molecule has 13 heteroatoms. The zero-order valence-corrected chi connectivity index (χ0v) is 23.9. The fourth-order valence-corrected chi connectivity index (χ4v) is 6.10. The SMILES string of the molecule is O=C(NC1CCC(Cn2c(=O)n(-c3ccc(N[C@H]4CCOC4)nc3)c3ccccc32)CC1)c1cc(Cl)cnc1C(F)(F)F. The molecule has 1 atom stereocenters. The van der Waals surface area contributed by atoms with Crippen LogP contribution in [-0.4, -0.2) is 50.3 Å². The number of hydrogen-bond acceptors (Lipinski definition) is 6. The van der Waals surface area contributed by atoms with E-state index >= 15 is 0 Å². The molecule has 4 aromatic rings. The number of hydrogen-bond donors (Lipinski definition) is 2. The predicted octanol–water partition coefficient (Wildman–Crippen LogP) is 5.44. The summed E-state index contributed by atoms with van der Waals surface area (Å²) in [5.41, 5.74) is 0.220. The van der Waals surface area contributed by atoms with Crippen molar-refractivity contribution in [2.75, 3.05) is 18.5 Å². The van der Waals surface area contributed by atoms with Gasteiger partial charge >= 0.3 is 11.9 Å². The summed E-state index contributed by atoms with van der Waals surface area (Å²) in [6, 6.07) is 12.2. The summed E-state index contributed by atoms with van der Waals surface area (Å²) >= 11 is 5.83. The molecular weight excluding hydrogens is 585 g/mol. The van der Waals surface area contributed by atoms with Crippen molar-refractivity contribution in [1.29, 1.82) is 0 Å². The Bertz CT molecular complexity index is 1670. The van der Waals surface area contributed by atoms with E-state index in [0.29, 0.717) is 44.5 Å². The van der Waals surface area contributed by atoms with Crippen LogP contribution in [0, 0.1) is 5.92 Å². The maximum absolute atomic E-state index is 13.7. The van der Waals surface area contributed by atoms with E-state index in [1.165, 1.54) is 0 Å². The Hall–Kier alpha value is -3.90. The van der Waals surface area contributed by atoms with Gasteiger partial charge in [0.25, 0.3) is 5.91 Å². The van der Waals surface area contributed by atoms with Gasteiger partial charge in [-0.2, -0.15) is 13.2 Å². The number of amides is 1. The highest BCUT2D eigenvalue weighted by atomic mass is 35.5. The number of carbonyl (C=O) groups excluding carboxylic acids is 1. The molecule has 6 rings (SSSR count). The zero-order valence-electron chi connectivity index (χ0n) is 23.1. The van der Waals surface area contributed by atoms with E-state index in [1.54, 1.807) is 15.3 Å². The third kappa shape index (κ3) is 6.25. The van der Waals surface area contributed by atoms with E-state index in [1.807, 2.05) is 36.4 Å². The number of para-hydroxylation sites is 2. The predicted molar refractivity (Wildman–Crippen MR) is 156 cm³/mol. The number of nitrogens with one attached hydrogen (secondary N) is 2. The zero-order chi connectivity index (χ0) is 30.1. The van der Waals surface area contributed by atoms with Crippen molar-refractivity contribution < 1.29 is 22.7 Å². The lowest BCUT2D eigenvalue weighted by atomic mass is 9.85. The summed E-state index contributed by atoms with van der Waals surface area (Å²) in [5, 5.41) is 6.03. The Morgan fingerprint density at radius 1 is 1.00 bits per heavy atom. The summed E-state index contributed by atoms with van der Waals surface area (Å²) in [6.07, 6.45) is 1.25. The first kappa shape index (κ1) is 29.2. The first-order chi connectivity index (χ1) is 20.7. The normalized spacial score (nSPS) is 20.8.